The lowest BCUT2D eigenvalue weighted by atomic mass is 9.91. The lowest BCUT2D eigenvalue weighted by molar-refractivity contribution is 0.0938. The van der Waals surface area contributed by atoms with Crippen molar-refractivity contribution in [2.75, 3.05) is 17.2 Å². The minimum Gasteiger partial charge on any atom is -0.396 e. The molecule has 32 heavy (non-hydrogen) atoms. The maximum Gasteiger partial charge on any atom is 0.263 e. The van der Waals surface area contributed by atoms with Gasteiger partial charge in [0.2, 0.25) is 0 Å². The number of anilines is 2. The van der Waals surface area contributed by atoms with E-state index in [1.54, 1.807) is 6.20 Å². The highest BCUT2D eigenvalue weighted by molar-refractivity contribution is 7.21. The van der Waals surface area contributed by atoms with Gasteiger partial charge in [-0.05, 0) is 50.7 Å². The van der Waals surface area contributed by atoms with Gasteiger partial charge in [-0.25, -0.2) is 15.0 Å². The van der Waals surface area contributed by atoms with Crippen molar-refractivity contribution in [3.63, 3.8) is 0 Å². The highest BCUT2D eigenvalue weighted by Crippen LogP contribution is 2.32. The van der Waals surface area contributed by atoms with E-state index >= 15 is 0 Å². The SMILES string of the molecule is CCC1CC(N)CN1c1ccc2c(n1)CCC(NC(=O)c1sc3nc(C)cnc3c1N)C2. The van der Waals surface area contributed by atoms with Crippen molar-refractivity contribution in [2.24, 2.45) is 5.73 Å². The smallest absolute Gasteiger partial charge is 0.263 e. The number of carbonyl (C=O) groups excluding carboxylic acids is 1. The number of nitrogen functional groups attached to an aromatic ring is 1. The Morgan fingerprint density at radius 3 is 3.00 bits per heavy atom. The molecule has 2 aliphatic rings. The summed E-state index contributed by atoms with van der Waals surface area (Å²) in [5.74, 6) is 0.874. The molecular weight excluding hydrogens is 422 g/mol. The number of aromatic nitrogens is 3. The van der Waals surface area contributed by atoms with Gasteiger partial charge in [0.15, 0.2) is 0 Å². The van der Waals surface area contributed by atoms with Crippen LogP contribution in [0.15, 0.2) is 18.3 Å². The Balaban J connectivity index is 1.30. The van der Waals surface area contributed by atoms with Crippen LogP contribution in [0.1, 0.15) is 52.8 Å². The number of nitrogens with two attached hydrogens (primary N) is 2. The average Bonchev–Trinajstić information content (AvgIpc) is 3.32. The summed E-state index contributed by atoms with van der Waals surface area (Å²) >= 11 is 1.30. The number of pyridine rings is 1. The van der Waals surface area contributed by atoms with E-state index in [9.17, 15) is 4.79 Å². The van der Waals surface area contributed by atoms with E-state index in [-0.39, 0.29) is 18.0 Å². The highest BCUT2D eigenvalue weighted by Gasteiger charge is 2.31. The fraction of sp³-hybridized carbons (Fsp3) is 0.478. The van der Waals surface area contributed by atoms with Crippen LogP contribution < -0.4 is 21.7 Å². The number of aryl methyl sites for hydroxylation is 2. The summed E-state index contributed by atoms with van der Waals surface area (Å²) in [6.45, 7) is 4.95. The molecule has 0 saturated carbocycles. The van der Waals surface area contributed by atoms with Gasteiger partial charge in [0.1, 0.15) is 21.0 Å². The minimum absolute atomic E-state index is 0.0542. The highest BCUT2D eigenvalue weighted by atomic mass is 32.1. The van der Waals surface area contributed by atoms with Crippen molar-refractivity contribution >= 4 is 39.1 Å². The van der Waals surface area contributed by atoms with Gasteiger partial charge in [-0.1, -0.05) is 13.0 Å². The summed E-state index contributed by atoms with van der Waals surface area (Å²) < 4.78 is 0. The molecule has 3 atom stereocenters. The molecule has 5 rings (SSSR count). The van der Waals surface area contributed by atoms with E-state index in [0.29, 0.717) is 27.0 Å². The number of carbonyl (C=O) groups is 1. The van der Waals surface area contributed by atoms with E-state index in [2.05, 4.69) is 39.2 Å². The molecule has 0 spiro atoms. The van der Waals surface area contributed by atoms with E-state index in [1.165, 1.54) is 16.9 Å². The third-order valence-electron chi connectivity index (χ3n) is 6.56. The fourth-order valence-corrected chi connectivity index (χ4v) is 5.89. The topological polar surface area (TPSA) is 123 Å². The Morgan fingerprint density at radius 1 is 1.34 bits per heavy atom. The first kappa shape index (κ1) is 21.1. The van der Waals surface area contributed by atoms with Crippen molar-refractivity contribution < 1.29 is 4.79 Å². The predicted molar refractivity (Wildman–Crippen MR) is 128 cm³/mol. The van der Waals surface area contributed by atoms with E-state index in [0.717, 1.165) is 55.9 Å². The number of hydrogen-bond acceptors (Lipinski definition) is 8. The molecule has 4 heterocycles. The molecule has 0 radical (unpaired) electrons. The second-order valence-electron chi connectivity index (χ2n) is 8.91. The van der Waals surface area contributed by atoms with Crippen LogP contribution in [0.5, 0.6) is 0 Å². The molecular formula is C23H29N7OS. The third kappa shape index (κ3) is 3.80. The van der Waals surface area contributed by atoms with Gasteiger partial charge in [0.05, 0.1) is 11.4 Å². The second kappa shape index (κ2) is 8.29. The quantitative estimate of drug-likeness (QED) is 0.557. The maximum absolute atomic E-state index is 13.0. The van der Waals surface area contributed by atoms with Gasteiger partial charge in [-0.15, -0.1) is 11.3 Å². The molecule has 1 amide bonds. The van der Waals surface area contributed by atoms with Crippen LogP contribution in [0.4, 0.5) is 11.5 Å². The summed E-state index contributed by atoms with van der Waals surface area (Å²) in [6, 6.07) is 5.00. The van der Waals surface area contributed by atoms with Gasteiger partial charge in [0.25, 0.3) is 5.91 Å². The molecule has 5 N–H and O–H groups in total. The number of nitrogens with one attached hydrogen (secondary N) is 1. The zero-order chi connectivity index (χ0) is 22.4. The van der Waals surface area contributed by atoms with Crippen LogP contribution in [-0.4, -0.2) is 45.5 Å². The first-order chi connectivity index (χ1) is 15.4. The summed E-state index contributed by atoms with van der Waals surface area (Å²) in [6.07, 6.45) is 6.23. The van der Waals surface area contributed by atoms with Crippen molar-refractivity contribution in [3.8, 4) is 0 Å². The van der Waals surface area contributed by atoms with Gasteiger partial charge in [-0.3, -0.25) is 4.79 Å². The average molecular weight is 452 g/mol. The fourth-order valence-electron chi connectivity index (χ4n) is 4.89. The molecule has 1 aliphatic carbocycles. The zero-order valence-electron chi connectivity index (χ0n) is 18.5. The Labute approximate surface area is 191 Å². The Hall–Kier alpha value is -2.78. The summed E-state index contributed by atoms with van der Waals surface area (Å²) in [4.78, 5) is 30.3. The number of fused-ring (bicyclic) bond motifs is 2. The molecule has 0 aromatic carbocycles. The van der Waals surface area contributed by atoms with Crippen LogP contribution in [-0.2, 0) is 12.8 Å². The number of rotatable bonds is 4. The Kier molecular flexibility index (Phi) is 5.46. The summed E-state index contributed by atoms with van der Waals surface area (Å²) in [5.41, 5.74) is 16.5. The normalized spacial score (nSPS) is 22.8. The zero-order valence-corrected chi connectivity index (χ0v) is 19.3. The Morgan fingerprint density at radius 2 is 2.19 bits per heavy atom. The first-order valence-electron chi connectivity index (χ1n) is 11.3. The molecule has 3 aromatic heterocycles. The van der Waals surface area contributed by atoms with E-state index < -0.39 is 0 Å². The molecule has 8 nitrogen and oxygen atoms in total. The van der Waals surface area contributed by atoms with Crippen molar-refractivity contribution in [1.29, 1.82) is 0 Å². The van der Waals surface area contributed by atoms with Crippen molar-refractivity contribution in [3.05, 3.63) is 40.2 Å². The van der Waals surface area contributed by atoms with Crippen LogP contribution in [0.2, 0.25) is 0 Å². The Bertz CT molecular complexity index is 1180. The second-order valence-corrected chi connectivity index (χ2v) is 9.91. The number of amides is 1. The van der Waals surface area contributed by atoms with E-state index in [4.69, 9.17) is 16.5 Å². The lowest BCUT2D eigenvalue weighted by Gasteiger charge is -2.28. The van der Waals surface area contributed by atoms with Crippen LogP contribution in [0, 0.1) is 6.92 Å². The van der Waals surface area contributed by atoms with Gasteiger partial charge < -0.3 is 21.7 Å². The number of hydrogen-bond donors (Lipinski definition) is 3. The van der Waals surface area contributed by atoms with Crippen LogP contribution in [0.25, 0.3) is 10.3 Å². The third-order valence-corrected chi connectivity index (χ3v) is 7.65. The van der Waals surface area contributed by atoms with Crippen molar-refractivity contribution in [1.82, 2.24) is 20.3 Å². The standard InChI is InChI=1S/C23H29N7OS/c1-3-16-9-14(24)11-30(16)18-7-4-13-8-15(5-6-17(13)29-18)28-22(31)21-19(25)20-23(32-21)27-12(2)10-26-20/h4,7,10,14-16H,3,5-6,8-9,11,24-25H2,1-2H3,(H,28,31). The first-order valence-corrected chi connectivity index (χ1v) is 12.1. The summed E-state index contributed by atoms with van der Waals surface area (Å²) in [5, 5.41) is 3.17. The monoisotopic (exact) mass is 451 g/mol. The molecule has 168 valence electrons. The van der Waals surface area contributed by atoms with Crippen LogP contribution in [0.3, 0.4) is 0 Å². The molecule has 1 aliphatic heterocycles. The molecule has 0 bridgehead atoms. The predicted octanol–water partition coefficient (Wildman–Crippen LogP) is 2.58. The number of thiophene rings is 1. The summed E-state index contributed by atoms with van der Waals surface area (Å²) in [7, 11) is 0. The molecule has 3 unspecified atom stereocenters. The lowest BCUT2D eigenvalue weighted by Crippen LogP contribution is -2.39. The minimum atomic E-state index is -0.153. The molecule has 3 aromatic rings. The molecule has 1 fully saturated rings. The molecule has 9 heteroatoms. The van der Waals surface area contributed by atoms with Crippen molar-refractivity contribution in [2.45, 2.75) is 64.1 Å². The van der Waals surface area contributed by atoms with Gasteiger partial charge >= 0.3 is 0 Å². The largest absolute Gasteiger partial charge is 0.396 e. The number of nitrogens with zero attached hydrogens (tertiary/aromatic N) is 4. The molecule has 1 saturated heterocycles. The van der Waals surface area contributed by atoms with Gasteiger partial charge in [0, 0.05) is 36.6 Å². The maximum atomic E-state index is 13.0. The van der Waals surface area contributed by atoms with Crippen LogP contribution >= 0.6 is 11.3 Å². The van der Waals surface area contributed by atoms with E-state index in [1.807, 2.05) is 6.92 Å². The van der Waals surface area contributed by atoms with Gasteiger partial charge in [-0.2, -0.15) is 0 Å².